The lowest BCUT2D eigenvalue weighted by Crippen LogP contribution is -2.11. The molecule has 25 heavy (non-hydrogen) atoms. The molecule has 3 rings (SSSR count). The van der Waals surface area contributed by atoms with Crippen molar-refractivity contribution < 1.29 is 24.5 Å². The zero-order valence-corrected chi connectivity index (χ0v) is 14.0. The molecule has 0 fully saturated rings. The van der Waals surface area contributed by atoms with Crippen LogP contribution in [0.2, 0.25) is 0 Å². The number of aromatic hydroxyl groups is 1. The first kappa shape index (κ1) is 16.8. The SMILES string of the molecule is COC(=O)C[C@@H](c1ccc(C(=O)O)cc1)c1c(O)ccc2nsnc12. The van der Waals surface area contributed by atoms with Crippen LogP contribution < -0.4 is 0 Å². The van der Waals surface area contributed by atoms with Gasteiger partial charge in [0.25, 0.3) is 0 Å². The summed E-state index contributed by atoms with van der Waals surface area (Å²) in [6.07, 6.45) is -0.0207. The van der Waals surface area contributed by atoms with Crippen molar-refractivity contribution in [3.8, 4) is 5.75 Å². The second-order valence-corrected chi connectivity index (χ2v) is 5.92. The third-order valence-electron chi connectivity index (χ3n) is 3.95. The molecule has 128 valence electrons. The van der Waals surface area contributed by atoms with Gasteiger partial charge in [0.05, 0.1) is 30.8 Å². The summed E-state index contributed by atoms with van der Waals surface area (Å²) in [6, 6.07) is 9.32. The number of methoxy groups -OCH3 is 1. The number of rotatable bonds is 5. The highest BCUT2D eigenvalue weighted by Gasteiger charge is 2.25. The molecule has 0 spiro atoms. The van der Waals surface area contributed by atoms with Crippen molar-refractivity contribution in [1.29, 1.82) is 0 Å². The molecule has 0 amide bonds. The molecule has 0 unspecified atom stereocenters. The van der Waals surface area contributed by atoms with E-state index in [0.29, 0.717) is 22.2 Å². The predicted molar refractivity (Wildman–Crippen MR) is 91.0 cm³/mol. The standard InChI is InChI=1S/C17H14N2O5S/c1-24-14(21)8-11(9-2-4-10(5-3-9)17(22)23)15-13(20)7-6-12-16(15)19-25-18-12/h2-7,11,20H,8H2,1H3,(H,22,23)/t11-/m0/s1. The van der Waals surface area contributed by atoms with E-state index < -0.39 is 17.9 Å². The summed E-state index contributed by atoms with van der Waals surface area (Å²) in [4.78, 5) is 22.9. The first-order chi connectivity index (χ1) is 12.0. The number of phenols is 1. The fourth-order valence-corrected chi connectivity index (χ4v) is 3.25. The van der Waals surface area contributed by atoms with E-state index in [1.54, 1.807) is 18.2 Å². The topological polar surface area (TPSA) is 110 Å². The Kier molecular flexibility index (Phi) is 4.62. The zero-order chi connectivity index (χ0) is 18.0. The Morgan fingerprint density at radius 1 is 1.16 bits per heavy atom. The Hall–Kier alpha value is -3.00. The van der Waals surface area contributed by atoms with Crippen LogP contribution in [0.4, 0.5) is 0 Å². The highest BCUT2D eigenvalue weighted by atomic mass is 32.1. The number of carbonyl (C=O) groups excluding carboxylic acids is 1. The molecule has 3 aromatic rings. The van der Waals surface area contributed by atoms with Gasteiger partial charge < -0.3 is 14.9 Å². The van der Waals surface area contributed by atoms with E-state index in [1.165, 1.54) is 25.3 Å². The maximum atomic E-state index is 11.9. The Bertz CT molecular complexity index is 936. The molecule has 0 bridgehead atoms. The Morgan fingerprint density at radius 2 is 1.88 bits per heavy atom. The van der Waals surface area contributed by atoms with Crippen molar-refractivity contribution in [3.63, 3.8) is 0 Å². The van der Waals surface area contributed by atoms with Crippen LogP contribution in [0, 0.1) is 0 Å². The van der Waals surface area contributed by atoms with Gasteiger partial charge in [0, 0.05) is 11.5 Å². The smallest absolute Gasteiger partial charge is 0.335 e. The average molecular weight is 358 g/mol. The minimum absolute atomic E-state index is 0.00332. The average Bonchev–Trinajstić information content (AvgIpc) is 3.08. The van der Waals surface area contributed by atoms with Gasteiger partial charge in [-0.3, -0.25) is 4.79 Å². The number of hydrogen-bond donors (Lipinski definition) is 2. The van der Waals surface area contributed by atoms with Crippen LogP contribution in [0.3, 0.4) is 0 Å². The Balaban J connectivity index is 2.14. The van der Waals surface area contributed by atoms with Crippen LogP contribution in [0.1, 0.15) is 33.8 Å². The number of ether oxygens (including phenoxy) is 1. The summed E-state index contributed by atoms with van der Waals surface area (Å²) < 4.78 is 13.2. The van der Waals surface area contributed by atoms with Gasteiger partial charge in [-0.25, -0.2) is 4.79 Å². The fourth-order valence-electron chi connectivity index (χ4n) is 2.70. The van der Waals surface area contributed by atoms with Gasteiger partial charge in [-0.1, -0.05) is 12.1 Å². The minimum atomic E-state index is -1.04. The molecule has 0 saturated carbocycles. The first-order valence-electron chi connectivity index (χ1n) is 7.35. The second kappa shape index (κ2) is 6.86. The normalized spacial score (nSPS) is 12.0. The summed E-state index contributed by atoms with van der Waals surface area (Å²) in [5, 5.41) is 19.4. The number of aromatic nitrogens is 2. The van der Waals surface area contributed by atoms with E-state index in [2.05, 4.69) is 8.75 Å². The summed E-state index contributed by atoms with van der Waals surface area (Å²) in [7, 11) is 1.29. The molecule has 2 aromatic carbocycles. The van der Waals surface area contributed by atoms with Crippen molar-refractivity contribution in [3.05, 3.63) is 53.1 Å². The molecule has 0 saturated heterocycles. The number of carbonyl (C=O) groups is 2. The predicted octanol–water partition coefficient (Wildman–Crippen LogP) is 2.79. The van der Waals surface area contributed by atoms with Crippen LogP contribution >= 0.6 is 11.7 Å². The number of carboxylic acid groups (broad SMARTS) is 1. The van der Waals surface area contributed by atoms with E-state index in [-0.39, 0.29) is 17.7 Å². The van der Waals surface area contributed by atoms with E-state index in [1.807, 2.05) is 0 Å². The fraction of sp³-hybridized carbons (Fsp3) is 0.176. The lowest BCUT2D eigenvalue weighted by atomic mass is 9.86. The number of aromatic carboxylic acids is 1. The number of fused-ring (bicyclic) bond motifs is 1. The van der Waals surface area contributed by atoms with E-state index in [4.69, 9.17) is 9.84 Å². The number of carboxylic acids is 1. The van der Waals surface area contributed by atoms with Crippen molar-refractivity contribution in [2.75, 3.05) is 7.11 Å². The van der Waals surface area contributed by atoms with E-state index in [0.717, 1.165) is 11.7 Å². The third-order valence-corrected chi connectivity index (χ3v) is 4.49. The third kappa shape index (κ3) is 3.29. The van der Waals surface area contributed by atoms with Crippen LogP contribution in [-0.4, -0.2) is 38.0 Å². The maximum absolute atomic E-state index is 11.9. The van der Waals surface area contributed by atoms with Crippen molar-refractivity contribution >= 4 is 34.7 Å². The summed E-state index contributed by atoms with van der Waals surface area (Å²) in [5.41, 5.74) is 2.42. The number of phenolic OH excluding ortho intramolecular Hbond substituents is 1. The Morgan fingerprint density at radius 3 is 2.52 bits per heavy atom. The molecular formula is C17H14N2O5S. The molecule has 0 aliphatic rings. The van der Waals surface area contributed by atoms with Gasteiger partial charge in [0.15, 0.2) is 0 Å². The summed E-state index contributed by atoms with van der Waals surface area (Å²) in [6.45, 7) is 0. The van der Waals surface area contributed by atoms with Crippen molar-refractivity contribution in [2.45, 2.75) is 12.3 Å². The van der Waals surface area contributed by atoms with E-state index >= 15 is 0 Å². The maximum Gasteiger partial charge on any atom is 0.335 e. The largest absolute Gasteiger partial charge is 0.508 e. The summed E-state index contributed by atoms with van der Waals surface area (Å²) >= 11 is 1.01. The number of nitrogens with zero attached hydrogens (tertiary/aromatic N) is 2. The second-order valence-electron chi connectivity index (χ2n) is 5.39. The quantitative estimate of drug-likeness (QED) is 0.675. The molecule has 2 N–H and O–H groups in total. The van der Waals surface area contributed by atoms with Crippen molar-refractivity contribution in [1.82, 2.24) is 8.75 Å². The van der Waals surface area contributed by atoms with Crippen LogP contribution in [0.25, 0.3) is 11.0 Å². The van der Waals surface area contributed by atoms with Gasteiger partial charge >= 0.3 is 11.9 Å². The van der Waals surface area contributed by atoms with Gasteiger partial charge in [-0.15, -0.1) is 0 Å². The minimum Gasteiger partial charge on any atom is -0.508 e. The number of esters is 1. The molecular weight excluding hydrogens is 344 g/mol. The van der Waals surface area contributed by atoms with Gasteiger partial charge in [-0.05, 0) is 29.8 Å². The molecule has 0 aliphatic carbocycles. The molecule has 1 aromatic heterocycles. The molecule has 1 heterocycles. The van der Waals surface area contributed by atoms with Crippen molar-refractivity contribution in [2.24, 2.45) is 0 Å². The van der Waals surface area contributed by atoms with Crippen LogP contribution in [0.15, 0.2) is 36.4 Å². The molecule has 0 aliphatic heterocycles. The Labute approximate surface area is 146 Å². The molecule has 8 heteroatoms. The highest BCUT2D eigenvalue weighted by molar-refractivity contribution is 7.00. The number of benzene rings is 2. The van der Waals surface area contributed by atoms with Gasteiger partial charge in [0.1, 0.15) is 16.8 Å². The molecule has 0 radical (unpaired) electrons. The highest BCUT2D eigenvalue weighted by Crippen LogP contribution is 2.38. The molecule has 1 atom stereocenters. The molecule has 7 nitrogen and oxygen atoms in total. The van der Waals surface area contributed by atoms with Crippen LogP contribution in [-0.2, 0) is 9.53 Å². The van der Waals surface area contributed by atoms with E-state index in [9.17, 15) is 14.7 Å². The van der Waals surface area contributed by atoms with Crippen LogP contribution in [0.5, 0.6) is 5.75 Å². The van der Waals surface area contributed by atoms with Gasteiger partial charge in [0.2, 0.25) is 0 Å². The van der Waals surface area contributed by atoms with Gasteiger partial charge in [-0.2, -0.15) is 8.75 Å². The first-order valence-corrected chi connectivity index (χ1v) is 8.08. The lowest BCUT2D eigenvalue weighted by molar-refractivity contribution is -0.140. The number of hydrogen-bond acceptors (Lipinski definition) is 7. The lowest BCUT2D eigenvalue weighted by Gasteiger charge is -2.18. The monoisotopic (exact) mass is 358 g/mol. The zero-order valence-electron chi connectivity index (χ0n) is 13.2. The summed E-state index contributed by atoms with van der Waals surface area (Å²) in [5.74, 6) is -2.03.